The van der Waals surface area contributed by atoms with Gasteiger partial charge in [0.15, 0.2) is 0 Å². The fourth-order valence-electron chi connectivity index (χ4n) is 4.81. The van der Waals surface area contributed by atoms with Crippen LogP contribution >= 0.6 is 11.6 Å². The minimum Gasteiger partial charge on any atom is -0.507 e. The van der Waals surface area contributed by atoms with Crippen molar-refractivity contribution in [3.63, 3.8) is 0 Å². The van der Waals surface area contributed by atoms with E-state index in [1.165, 1.54) is 17.0 Å². The Hall–Kier alpha value is -3.55. The number of anilines is 2. The lowest BCUT2D eigenvalue weighted by molar-refractivity contribution is -0.106. The number of hydrogen-bond acceptors (Lipinski definition) is 5. The maximum atomic E-state index is 14.9. The van der Waals surface area contributed by atoms with E-state index in [2.05, 4.69) is 36.6 Å². The molecule has 1 aliphatic rings. The Kier molecular flexibility index (Phi) is 8.52. The van der Waals surface area contributed by atoms with E-state index in [1.807, 2.05) is 32.3 Å². The molecule has 3 aromatic rings. The van der Waals surface area contributed by atoms with Gasteiger partial charge >= 0.3 is 0 Å². The minimum absolute atomic E-state index is 0.0327. The quantitative estimate of drug-likeness (QED) is 0.343. The van der Waals surface area contributed by atoms with E-state index >= 15 is 0 Å². The molecule has 1 amide bonds. The predicted octanol–water partition coefficient (Wildman–Crippen LogP) is 6.43. The lowest BCUT2D eigenvalue weighted by Gasteiger charge is -2.43. The summed E-state index contributed by atoms with van der Waals surface area (Å²) in [7, 11) is 3.69. The Bertz CT molecular complexity index is 1360. The summed E-state index contributed by atoms with van der Waals surface area (Å²) in [6.45, 7) is 10.4. The summed E-state index contributed by atoms with van der Waals surface area (Å²) in [4.78, 5) is 19.6. The van der Waals surface area contributed by atoms with Gasteiger partial charge in [0.25, 0.3) is 0 Å². The molecule has 1 fully saturated rings. The van der Waals surface area contributed by atoms with Gasteiger partial charge in [-0.05, 0) is 68.3 Å². The van der Waals surface area contributed by atoms with Crippen LogP contribution in [0.25, 0.3) is 22.3 Å². The van der Waals surface area contributed by atoms with Crippen molar-refractivity contribution in [2.24, 2.45) is 0 Å². The third kappa shape index (κ3) is 6.54. The van der Waals surface area contributed by atoms with Crippen molar-refractivity contribution in [3.8, 4) is 28.0 Å². The highest BCUT2D eigenvalue weighted by Gasteiger charge is 2.26. The van der Waals surface area contributed by atoms with Gasteiger partial charge in [0.1, 0.15) is 11.6 Å². The predicted molar refractivity (Wildman–Crippen MR) is 159 cm³/mol. The molecule has 0 aliphatic carbocycles. The first-order chi connectivity index (χ1) is 18.5. The summed E-state index contributed by atoms with van der Waals surface area (Å²) in [6.07, 6.45) is 3.98. The molecule has 4 rings (SSSR count). The van der Waals surface area contributed by atoms with Gasteiger partial charge in [-0.3, -0.25) is 14.6 Å². The lowest BCUT2D eigenvalue weighted by atomic mass is 9.96. The highest BCUT2D eigenvalue weighted by molar-refractivity contribution is 6.34. The number of amides is 1. The molecule has 8 heteroatoms. The molecule has 0 bridgehead atoms. The summed E-state index contributed by atoms with van der Waals surface area (Å²) in [5.41, 5.74) is 3.65. The Morgan fingerprint density at radius 1 is 0.923 bits per heavy atom. The van der Waals surface area contributed by atoms with Crippen molar-refractivity contribution in [2.75, 3.05) is 50.1 Å². The highest BCUT2D eigenvalue weighted by atomic mass is 35.5. The molecule has 39 heavy (non-hydrogen) atoms. The van der Waals surface area contributed by atoms with Crippen LogP contribution in [0.15, 0.2) is 67.0 Å². The Labute approximate surface area is 235 Å². The molecule has 1 saturated heterocycles. The molecule has 1 N–H and O–H groups in total. The van der Waals surface area contributed by atoms with E-state index in [1.54, 1.807) is 35.5 Å². The first-order valence-electron chi connectivity index (χ1n) is 13.0. The minimum atomic E-state index is -0.467. The summed E-state index contributed by atoms with van der Waals surface area (Å²) in [5.74, 6) is -0.500. The zero-order valence-corrected chi connectivity index (χ0v) is 23.9. The first kappa shape index (κ1) is 28.5. The van der Waals surface area contributed by atoms with Gasteiger partial charge in [0, 0.05) is 75.0 Å². The molecule has 0 radical (unpaired) electrons. The number of rotatable bonds is 7. The second kappa shape index (κ2) is 11.7. The average Bonchev–Trinajstić information content (AvgIpc) is 2.90. The van der Waals surface area contributed by atoms with Crippen molar-refractivity contribution < 1.29 is 14.3 Å². The van der Waals surface area contributed by atoms with Crippen LogP contribution in [0.1, 0.15) is 20.8 Å². The van der Waals surface area contributed by atoms with Crippen LogP contribution in [0.5, 0.6) is 5.75 Å². The van der Waals surface area contributed by atoms with Crippen LogP contribution in [0.4, 0.5) is 15.8 Å². The zero-order chi connectivity index (χ0) is 28.3. The van der Waals surface area contributed by atoms with Crippen molar-refractivity contribution in [1.29, 1.82) is 0 Å². The number of carbonyl (C=O) groups is 1. The van der Waals surface area contributed by atoms with E-state index in [-0.39, 0.29) is 11.3 Å². The summed E-state index contributed by atoms with van der Waals surface area (Å²) in [5, 5.41) is 11.6. The van der Waals surface area contributed by atoms with Crippen LogP contribution < -0.4 is 9.80 Å². The normalized spacial score (nSPS) is 14.6. The highest BCUT2D eigenvalue weighted by Crippen LogP contribution is 2.41. The third-order valence-corrected chi connectivity index (χ3v) is 7.30. The van der Waals surface area contributed by atoms with Gasteiger partial charge in [-0.15, -0.1) is 0 Å². The van der Waals surface area contributed by atoms with Crippen LogP contribution in [0.3, 0.4) is 0 Å². The van der Waals surface area contributed by atoms with Gasteiger partial charge in [-0.2, -0.15) is 0 Å². The van der Waals surface area contributed by atoms with Crippen LogP contribution in [-0.2, 0) is 4.79 Å². The summed E-state index contributed by atoms with van der Waals surface area (Å²) in [6, 6.07) is 15.5. The van der Waals surface area contributed by atoms with E-state index in [0.717, 1.165) is 37.4 Å². The number of halogens is 2. The standard InChI is InChI=1S/C31H36ClFN4O2/c1-31(2,3)37-15-13-35(14-16-37)25-8-6-7-22(17-25)26-19-24(33)20-27(30(26)39)23-9-10-29(28(32)18-23)36(21-38)12-11-34(4)5/h6-12,17-21,39H,13-16H2,1-5H3/b12-11-. The van der Waals surface area contributed by atoms with Gasteiger partial charge in [-0.1, -0.05) is 29.8 Å². The molecule has 1 heterocycles. The molecule has 0 atom stereocenters. The van der Waals surface area contributed by atoms with Gasteiger partial charge < -0.3 is 14.9 Å². The Morgan fingerprint density at radius 2 is 1.56 bits per heavy atom. The van der Waals surface area contributed by atoms with Gasteiger partial charge in [-0.25, -0.2) is 4.39 Å². The second-order valence-electron chi connectivity index (χ2n) is 11.0. The van der Waals surface area contributed by atoms with Crippen molar-refractivity contribution in [3.05, 3.63) is 77.8 Å². The lowest BCUT2D eigenvalue weighted by Crippen LogP contribution is -2.53. The van der Waals surface area contributed by atoms with Gasteiger partial charge in [0.2, 0.25) is 6.41 Å². The maximum Gasteiger partial charge on any atom is 0.218 e. The fraction of sp³-hybridized carbons (Fsp3) is 0.323. The van der Waals surface area contributed by atoms with E-state index in [9.17, 15) is 14.3 Å². The van der Waals surface area contributed by atoms with E-state index in [4.69, 9.17) is 11.6 Å². The molecule has 0 unspecified atom stereocenters. The largest absolute Gasteiger partial charge is 0.507 e. The number of carbonyl (C=O) groups excluding carboxylic acids is 1. The molecule has 6 nitrogen and oxygen atoms in total. The van der Waals surface area contributed by atoms with Crippen molar-refractivity contribution >= 4 is 29.4 Å². The van der Waals surface area contributed by atoms with Crippen LogP contribution in [-0.4, -0.2) is 67.1 Å². The monoisotopic (exact) mass is 550 g/mol. The number of nitrogens with zero attached hydrogens (tertiary/aromatic N) is 4. The first-order valence-corrected chi connectivity index (χ1v) is 13.4. The van der Waals surface area contributed by atoms with Crippen LogP contribution in [0.2, 0.25) is 5.02 Å². The fourth-order valence-corrected chi connectivity index (χ4v) is 5.08. The number of aromatic hydroxyl groups is 1. The topological polar surface area (TPSA) is 50.3 Å². The van der Waals surface area contributed by atoms with Crippen LogP contribution in [0, 0.1) is 5.82 Å². The maximum absolute atomic E-state index is 14.9. The molecule has 3 aromatic carbocycles. The molecule has 0 saturated carbocycles. The second-order valence-corrected chi connectivity index (χ2v) is 11.4. The molecular formula is C31H36ClFN4O2. The average molecular weight is 551 g/mol. The number of piperazine rings is 1. The SMILES string of the molecule is CN(C)/C=C\N(C=O)c1ccc(-c2cc(F)cc(-c3cccc(N4CCN(C(C)(C)C)CC4)c3)c2O)cc1Cl. The zero-order valence-electron chi connectivity index (χ0n) is 23.2. The van der Waals surface area contributed by atoms with Crippen molar-refractivity contribution in [1.82, 2.24) is 9.80 Å². The summed E-state index contributed by atoms with van der Waals surface area (Å²) >= 11 is 6.53. The smallest absolute Gasteiger partial charge is 0.218 e. The molecule has 1 aliphatic heterocycles. The number of phenolic OH excluding ortho intramolecular Hbond substituents is 1. The van der Waals surface area contributed by atoms with Crippen molar-refractivity contribution in [2.45, 2.75) is 26.3 Å². The third-order valence-electron chi connectivity index (χ3n) is 7.00. The molecular weight excluding hydrogens is 515 g/mol. The van der Waals surface area contributed by atoms with E-state index in [0.29, 0.717) is 33.8 Å². The Morgan fingerprint density at radius 3 is 2.13 bits per heavy atom. The summed E-state index contributed by atoms with van der Waals surface area (Å²) < 4.78 is 14.9. The number of phenols is 1. The Balaban J connectivity index is 1.64. The van der Waals surface area contributed by atoms with Gasteiger partial charge in [0.05, 0.1) is 10.7 Å². The molecule has 0 aromatic heterocycles. The molecule has 206 valence electrons. The number of benzene rings is 3. The van der Waals surface area contributed by atoms with E-state index < -0.39 is 5.82 Å². The molecule has 0 spiro atoms. The number of hydrogen-bond donors (Lipinski definition) is 1.